The van der Waals surface area contributed by atoms with Crippen molar-refractivity contribution in [2.75, 3.05) is 26.4 Å². The van der Waals surface area contributed by atoms with Crippen LogP contribution in [0.2, 0.25) is 5.15 Å². The van der Waals surface area contributed by atoms with Crippen molar-refractivity contribution in [2.45, 2.75) is 17.5 Å². The maximum atomic E-state index is 14.5. The summed E-state index contributed by atoms with van der Waals surface area (Å²) in [4.78, 5) is 21.4. The monoisotopic (exact) mass is 813 g/mol. The van der Waals surface area contributed by atoms with Crippen molar-refractivity contribution >= 4 is 45.1 Å². The Morgan fingerprint density at radius 1 is 0.741 bits per heavy atom. The molecule has 0 saturated carbocycles. The van der Waals surface area contributed by atoms with Crippen molar-refractivity contribution in [3.05, 3.63) is 129 Å². The molecule has 0 bridgehead atoms. The van der Waals surface area contributed by atoms with Crippen molar-refractivity contribution in [2.24, 2.45) is 21.5 Å². The average molecular weight is 815 g/mol. The number of nitrogens with two attached hydrogens (primary N) is 2. The maximum Gasteiger partial charge on any atom is 0.283 e. The van der Waals surface area contributed by atoms with Gasteiger partial charge in [-0.25, -0.2) is 24.3 Å². The molecule has 54 heavy (non-hydrogen) atoms. The molecule has 0 fully saturated rings. The van der Waals surface area contributed by atoms with E-state index in [0.29, 0.717) is 59.1 Å². The molecule has 4 N–H and O–H groups in total. The molecule has 3 aromatic heterocycles. The number of amidine groups is 2. The Bertz CT molecular complexity index is 2410. The van der Waals surface area contributed by atoms with Crippen LogP contribution in [0.3, 0.4) is 0 Å². The second kappa shape index (κ2) is 13.0. The van der Waals surface area contributed by atoms with Crippen LogP contribution in [-0.2, 0) is 25.3 Å². The molecule has 5 aliphatic rings. The van der Waals surface area contributed by atoms with E-state index in [0.717, 1.165) is 51.1 Å². The first-order valence-corrected chi connectivity index (χ1v) is 17.8. The second-order valence-corrected chi connectivity index (χ2v) is 14.1. The lowest BCUT2D eigenvalue weighted by atomic mass is 9.80. The van der Waals surface area contributed by atoms with E-state index in [4.69, 9.17) is 46.8 Å². The highest BCUT2D eigenvalue weighted by atomic mass is 79.9. The van der Waals surface area contributed by atoms with E-state index >= 15 is 0 Å². The highest BCUT2D eigenvalue weighted by Gasteiger charge is 2.49. The summed E-state index contributed by atoms with van der Waals surface area (Å²) in [5, 5.41) is 0.371. The lowest BCUT2D eigenvalue weighted by Crippen LogP contribution is -2.31. The van der Waals surface area contributed by atoms with Gasteiger partial charge in [0.1, 0.15) is 35.7 Å². The van der Waals surface area contributed by atoms with Gasteiger partial charge in [-0.15, -0.1) is 0 Å². The summed E-state index contributed by atoms with van der Waals surface area (Å²) >= 11 is 9.51. The molecule has 16 heteroatoms. The summed E-state index contributed by atoms with van der Waals surface area (Å²) in [5.74, 6) is 0.709. The predicted molar refractivity (Wildman–Crippen MR) is 197 cm³/mol. The minimum Gasteiger partial charge on any atom is -0.462 e. The van der Waals surface area contributed by atoms with E-state index in [9.17, 15) is 8.78 Å². The van der Waals surface area contributed by atoms with Gasteiger partial charge in [0.05, 0.1) is 36.9 Å². The number of rotatable bonds is 2. The second-order valence-electron chi connectivity index (χ2n) is 12.8. The van der Waals surface area contributed by atoms with Crippen molar-refractivity contribution in [1.82, 2.24) is 15.0 Å². The van der Waals surface area contributed by atoms with Crippen LogP contribution in [0.5, 0.6) is 23.0 Å². The Labute approximate surface area is 319 Å². The largest absolute Gasteiger partial charge is 0.462 e. The van der Waals surface area contributed by atoms with E-state index in [1.54, 1.807) is 36.7 Å². The van der Waals surface area contributed by atoms with E-state index in [2.05, 4.69) is 40.9 Å². The molecule has 272 valence electrons. The van der Waals surface area contributed by atoms with Crippen LogP contribution in [-0.4, -0.2) is 53.4 Å². The summed E-state index contributed by atoms with van der Waals surface area (Å²) in [7, 11) is 0. The molecule has 8 heterocycles. The summed E-state index contributed by atoms with van der Waals surface area (Å²) in [6.45, 7) is 1.57. The fourth-order valence-electron chi connectivity index (χ4n) is 7.23. The molecule has 12 nitrogen and oxygen atoms in total. The molecule has 10 rings (SSSR count). The molecule has 0 saturated heterocycles. The smallest absolute Gasteiger partial charge is 0.283 e. The Balaban J connectivity index is 0.000000157. The van der Waals surface area contributed by atoms with Crippen LogP contribution in [0.25, 0.3) is 16.7 Å². The summed E-state index contributed by atoms with van der Waals surface area (Å²) < 4.78 is 58.3. The summed E-state index contributed by atoms with van der Waals surface area (Å²) in [5.41, 5.74) is 14.8. The molecule has 5 aliphatic heterocycles. The van der Waals surface area contributed by atoms with Gasteiger partial charge in [-0.1, -0.05) is 39.7 Å². The molecular weight excluding hydrogens is 788 g/mol. The zero-order valence-electron chi connectivity index (χ0n) is 28.0. The highest BCUT2D eigenvalue weighted by Crippen LogP contribution is 2.53. The highest BCUT2D eigenvalue weighted by molar-refractivity contribution is 9.10. The van der Waals surface area contributed by atoms with Gasteiger partial charge in [-0.2, -0.15) is 4.39 Å². The zero-order chi connectivity index (χ0) is 37.2. The number of aliphatic imine (C=N–C) groups is 2. The SMILES string of the molecule is NC1=N[C@@]2(CO1)c1cc(-c3c(F)ccnc3F)ccc1Oc1cnc(C3=CCOCC3)cc12.NC1=N[C@@]2(CO1)c1cc(Br)ccc1Oc1cnc(Cl)cc12. The molecular formula is C38H27BrClF2N7O5. The van der Waals surface area contributed by atoms with Crippen LogP contribution in [0.15, 0.2) is 93.7 Å². The molecule has 0 unspecified atom stereocenters. The summed E-state index contributed by atoms with van der Waals surface area (Å²) in [6, 6.07) is 15.6. The van der Waals surface area contributed by atoms with Gasteiger partial charge in [-0.05, 0) is 66.1 Å². The van der Waals surface area contributed by atoms with E-state index < -0.39 is 22.8 Å². The number of pyridine rings is 3. The third-order valence-corrected chi connectivity index (χ3v) is 10.4. The van der Waals surface area contributed by atoms with Gasteiger partial charge < -0.3 is 35.2 Å². The Hall–Kier alpha value is -5.64. The third kappa shape index (κ3) is 5.61. The van der Waals surface area contributed by atoms with E-state index in [-0.39, 0.29) is 24.2 Å². The third-order valence-electron chi connectivity index (χ3n) is 9.74. The van der Waals surface area contributed by atoms with Gasteiger partial charge in [0.15, 0.2) is 22.6 Å². The molecule has 2 aromatic carbocycles. The normalized spacial score (nSPS) is 21.4. The molecule has 2 spiro atoms. The first-order chi connectivity index (χ1) is 26.1. The van der Waals surface area contributed by atoms with Crippen LogP contribution in [0, 0.1) is 11.8 Å². The Kier molecular flexibility index (Phi) is 8.24. The predicted octanol–water partition coefficient (Wildman–Crippen LogP) is 7.11. The van der Waals surface area contributed by atoms with Crippen LogP contribution in [0.4, 0.5) is 8.78 Å². The molecule has 2 atom stereocenters. The minimum absolute atomic E-state index is 0.0292. The van der Waals surface area contributed by atoms with Gasteiger partial charge >= 0.3 is 0 Å². The number of aromatic nitrogens is 3. The van der Waals surface area contributed by atoms with Gasteiger partial charge in [0.25, 0.3) is 12.0 Å². The minimum atomic E-state index is -1.04. The topological polar surface area (TPSA) is 162 Å². The van der Waals surface area contributed by atoms with Crippen molar-refractivity contribution < 1.29 is 32.5 Å². The van der Waals surface area contributed by atoms with Gasteiger partial charge in [0, 0.05) is 32.9 Å². The van der Waals surface area contributed by atoms with Crippen molar-refractivity contribution in [3.63, 3.8) is 0 Å². The molecule has 0 radical (unpaired) electrons. The number of hydrogen-bond acceptors (Lipinski definition) is 12. The first kappa shape index (κ1) is 34.1. The van der Waals surface area contributed by atoms with Gasteiger partial charge in [-0.3, -0.25) is 4.98 Å². The Morgan fingerprint density at radius 2 is 1.39 bits per heavy atom. The first-order valence-electron chi connectivity index (χ1n) is 16.6. The molecule has 0 amide bonds. The number of hydrogen-bond donors (Lipinski definition) is 2. The van der Waals surface area contributed by atoms with E-state index in [1.165, 1.54) is 0 Å². The fourth-order valence-corrected chi connectivity index (χ4v) is 7.75. The zero-order valence-corrected chi connectivity index (χ0v) is 30.3. The standard InChI is InChI=1S/C24H18F2N4O3.C14H9BrClN3O2/c25-17-3-6-28-22(26)21(17)14-1-2-19-15(9-14)24(12-32-23(27)30-24)16-10-18(29-11-20(16)33-19)13-4-7-31-8-5-13;15-7-1-2-10-8(3-7)14(6-20-13(17)19-14)9-4-12(16)18-5-11(9)21-10/h1-4,6,9-11H,5,7-8,12H2,(H2,27,30);1-5H,6H2,(H2,17,19)/t24-;14-/m00/s1. The van der Waals surface area contributed by atoms with E-state index in [1.807, 2.05) is 30.3 Å². The number of benzene rings is 2. The molecule has 5 aromatic rings. The van der Waals surface area contributed by atoms with Gasteiger partial charge in [0.2, 0.25) is 5.95 Å². The number of fused-ring (bicyclic) bond motifs is 8. The molecule has 0 aliphatic carbocycles. The number of halogens is 4. The fraction of sp³-hybridized carbons (Fsp3) is 0.184. The lowest BCUT2D eigenvalue weighted by Gasteiger charge is -2.34. The van der Waals surface area contributed by atoms with Crippen LogP contribution < -0.4 is 20.9 Å². The van der Waals surface area contributed by atoms with Crippen molar-refractivity contribution in [3.8, 4) is 34.1 Å². The quantitative estimate of drug-likeness (QED) is 0.176. The number of nitrogens with zero attached hydrogens (tertiary/aromatic N) is 5. The maximum absolute atomic E-state index is 14.5. The van der Waals surface area contributed by atoms with Crippen molar-refractivity contribution in [1.29, 1.82) is 0 Å². The summed E-state index contributed by atoms with van der Waals surface area (Å²) in [6.07, 6.45) is 7.07. The lowest BCUT2D eigenvalue weighted by molar-refractivity contribution is 0.161. The Morgan fingerprint density at radius 3 is 2.04 bits per heavy atom. The number of ether oxygens (including phenoxy) is 5. The van der Waals surface area contributed by atoms with Crippen LogP contribution in [0.1, 0.15) is 34.4 Å². The van der Waals surface area contributed by atoms with Crippen LogP contribution >= 0.6 is 27.5 Å². The average Bonchev–Trinajstić information content (AvgIpc) is 3.76.